The maximum absolute atomic E-state index is 12.7. The fourth-order valence-corrected chi connectivity index (χ4v) is 4.99. The number of imidazole rings is 1. The topological polar surface area (TPSA) is 79.2 Å². The minimum absolute atomic E-state index is 0.0236. The van der Waals surface area contributed by atoms with E-state index in [4.69, 9.17) is 5.11 Å². The maximum atomic E-state index is 12.7. The molecule has 1 aromatic carbocycles. The van der Waals surface area contributed by atoms with Crippen LogP contribution in [0.5, 0.6) is 0 Å². The first kappa shape index (κ1) is 17.3. The Balaban J connectivity index is 1.46. The Bertz CT molecular complexity index is 787. The summed E-state index contributed by atoms with van der Waals surface area (Å²) in [5.74, 6) is 2.96. The smallest absolute Gasteiger partial charge is 0.240 e. The first-order valence-electron chi connectivity index (χ1n) is 9.75. The van der Waals surface area contributed by atoms with Gasteiger partial charge >= 0.3 is 0 Å². The van der Waals surface area contributed by atoms with E-state index in [0.717, 1.165) is 22.9 Å². The number of aliphatic hydroxyl groups is 1. The van der Waals surface area contributed by atoms with Crippen LogP contribution in [-0.2, 0) is 11.3 Å². The number of nitrogens with zero attached hydrogens (tertiary/aromatic N) is 2. The average molecular weight is 356 g/mol. The first-order chi connectivity index (χ1) is 12.7. The van der Waals surface area contributed by atoms with Crippen molar-refractivity contribution in [3.05, 3.63) is 24.3 Å². The van der Waals surface area contributed by atoms with Gasteiger partial charge in [-0.05, 0) is 56.1 Å². The van der Waals surface area contributed by atoms with Crippen molar-refractivity contribution in [2.45, 2.75) is 45.2 Å². The van der Waals surface area contributed by atoms with E-state index in [1.54, 1.807) is 0 Å². The van der Waals surface area contributed by atoms with Gasteiger partial charge in [0.05, 0.1) is 17.6 Å². The Labute approximate surface area is 154 Å². The highest BCUT2D eigenvalue weighted by Crippen LogP contribution is 2.49. The predicted octanol–water partition coefficient (Wildman–Crippen LogP) is 2.38. The van der Waals surface area contributed by atoms with Crippen molar-refractivity contribution in [1.29, 1.82) is 0 Å². The molecule has 6 nitrogen and oxygen atoms in total. The van der Waals surface area contributed by atoms with E-state index in [0.29, 0.717) is 18.4 Å². The molecule has 3 N–H and O–H groups in total. The maximum Gasteiger partial charge on any atom is 0.240 e. The second kappa shape index (κ2) is 7.27. The molecule has 0 saturated heterocycles. The molecule has 2 aliphatic carbocycles. The number of aliphatic hydroxyl groups excluding tert-OH is 1. The molecule has 140 valence electrons. The molecule has 0 aliphatic heterocycles. The molecule has 4 unspecified atom stereocenters. The van der Waals surface area contributed by atoms with Gasteiger partial charge in [0.15, 0.2) is 0 Å². The number of nitrogens with one attached hydrogen (secondary N) is 2. The molecular formula is C20H28N4O2. The molecule has 2 aromatic rings. The first-order valence-corrected chi connectivity index (χ1v) is 9.75. The lowest BCUT2D eigenvalue weighted by molar-refractivity contribution is -0.122. The quantitative estimate of drug-likeness (QED) is 0.712. The van der Waals surface area contributed by atoms with E-state index < -0.39 is 0 Å². The fraction of sp³-hybridized carbons (Fsp3) is 0.600. The number of carbonyl (C=O) groups is 1. The molecule has 4 atom stereocenters. The molecule has 2 aliphatic rings. The number of aromatic nitrogens is 2. The third-order valence-corrected chi connectivity index (χ3v) is 6.17. The number of carbonyl (C=O) groups excluding carboxylic acids is 1. The van der Waals surface area contributed by atoms with Crippen LogP contribution < -0.4 is 10.6 Å². The number of benzene rings is 1. The van der Waals surface area contributed by atoms with Crippen molar-refractivity contribution in [2.24, 2.45) is 17.8 Å². The largest absolute Gasteiger partial charge is 0.395 e. The summed E-state index contributed by atoms with van der Waals surface area (Å²) in [7, 11) is 0. The zero-order valence-electron chi connectivity index (χ0n) is 15.3. The van der Waals surface area contributed by atoms with Crippen molar-refractivity contribution in [1.82, 2.24) is 14.9 Å². The standard InChI is InChI=1S/C20H28N4O2/c1-13(16-11-14-6-7-15(16)10-14)22-19(26)12-24-18-5-3-2-4-17(18)23-20(24)21-8-9-25/h2-5,13-16,25H,6-12H2,1H3,(H,21,23)(H,22,26). The SMILES string of the molecule is CC(NC(=O)Cn1c(NCCO)nc2ccccc21)C1CC2CCC1C2. The molecule has 1 aromatic heterocycles. The van der Waals surface area contributed by atoms with Gasteiger partial charge in [0.2, 0.25) is 11.9 Å². The molecule has 2 fully saturated rings. The zero-order valence-corrected chi connectivity index (χ0v) is 15.3. The van der Waals surface area contributed by atoms with Crippen LogP contribution in [-0.4, -0.2) is 39.8 Å². The molecule has 6 heteroatoms. The van der Waals surface area contributed by atoms with Gasteiger partial charge in [-0.3, -0.25) is 4.79 Å². The highest BCUT2D eigenvalue weighted by molar-refractivity contribution is 5.83. The van der Waals surface area contributed by atoms with Crippen LogP contribution >= 0.6 is 0 Å². The number of hydrogen-bond donors (Lipinski definition) is 3. The molecule has 1 heterocycles. The van der Waals surface area contributed by atoms with Crippen LogP contribution in [0.25, 0.3) is 11.0 Å². The van der Waals surface area contributed by atoms with Crippen LogP contribution in [0.1, 0.15) is 32.6 Å². The Morgan fingerprint density at radius 1 is 1.35 bits per heavy atom. The Morgan fingerprint density at radius 2 is 2.19 bits per heavy atom. The van der Waals surface area contributed by atoms with Gasteiger partial charge in [-0.25, -0.2) is 4.98 Å². The second-order valence-corrected chi connectivity index (χ2v) is 7.86. The van der Waals surface area contributed by atoms with E-state index in [1.807, 2.05) is 28.8 Å². The lowest BCUT2D eigenvalue weighted by atomic mass is 9.84. The summed E-state index contributed by atoms with van der Waals surface area (Å²) in [6.07, 6.45) is 5.33. The highest BCUT2D eigenvalue weighted by atomic mass is 16.3. The van der Waals surface area contributed by atoms with E-state index in [1.165, 1.54) is 25.7 Å². The molecular weight excluding hydrogens is 328 g/mol. The van der Waals surface area contributed by atoms with Crippen molar-refractivity contribution >= 4 is 22.9 Å². The van der Waals surface area contributed by atoms with E-state index in [9.17, 15) is 4.79 Å². The summed E-state index contributed by atoms with van der Waals surface area (Å²) in [5, 5.41) is 15.4. The lowest BCUT2D eigenvalue weighted by Crippen LogP contribution is -2.41. The number of fused-ring (bicyclic) bond motifs is 3. The van der Waals surface area contributed by atoms with Gasteiger partial charge < -0.3 is 20.3 Å². The minimum Gasteiger partial charge on any atom is -0.395 e. The van der Waals surface area contributed by atoms with Crippen LogP contribution in [0.2, 0.25) is 0 Å². The molecule has 4 rings (SSSR count). The molecule has 2 bridgehead atoms. The summed E-state index contributed by atoms with van der Waals surface area (Å²) < 4.78 is 1.90. The van der Waals surface area contributed by atoms with Crippen LogP contribution in [0, 0.1) is 17.8 Å². The summed E-state index contributed by atoms with van der Waals surface area (Å²) >= 11 is 0. The van der Waals surface area contributed by atoms with Gasteiger partial charge in [-0.15, -0.1) is 0 Å². The molecule has 0 radical (unpaired) electrons. The second-order valence-electron chi connectivity index (χ2n) is 7.86. The zero-order chi connectivity index (χ0) is 18.1. The normalized spacial score (nSPS) is 25.5. The van der Waals surface area contributed by atoms with Crippen molar-refractivity contribution in [3.8, 4) is 0 Å². The highest BCUT2D eigenvalue weighted by Gasteiger charge is 2.42. The Morgan fingerprint density at radius 3 is 2.92 bits per heavy atom. The average Bonchev–Trinajstić information content (AvgIpc) is 3.34. The third-order valence-electron chi connectivity index (χ3n) is 6.17. The summed E-state index contributed by atoms with van der Waals surface area (Å²) in [6.45, 7) is 2.82. The van der Waals surface area contributed by atoms with E-state index in [-0.39, 0.29) is 25.1 Å². The molecule has 2 saturated carbocycles. The number of anilines is 1. The molecule has 26 heavy (non-hydrogen) atoms. The van der Waals surface area contributed by atoms with Gasteiger partial charge in [0.25, 0.3) is 0 Å². The van der Waals surface area contributed by atoms with E-state index >= 15 is 0 Å². The van der Waals surface area contributed by atoms with Crippen LogP contribution in [0.4, 0.5) is 5.95 Å². The van der Waals surface area contributed by atoms with Gasteiger partial charge in [0.1, 0.15) is 6.54 Å². The number of amides is 1. The van der Waals surface area contributed by atoms with Crippen LogP contribution in [0.3, 0.4) is 0 Å². The summed E-state index contributed by atoms with van der Waals surface area (Å²) in [5.41, 5.74) is 1.78. The predicted molar refractivity (Wildman–Crippen MR) is 102 cm³/mol. The van der Waals surface area contributed by atoms with E-state index in [2.05, 4.69) is 22.5 Å². The molecule has 0 spiro atoms. The van der Waals surface area contributed by atoms with Crippen LogP contribution in [0.15, 0.2) is 24.3 Å². The van der Waals surface area contributed by atoms with Crippen molar-refractivity contribution in [3.63, 3.8) is 0 Å². The Kier molecular flexibility index (Phi) is 4.85. The number of rotatable bonds is 7. The third kappa shape index (κ3) is 3.30. The summed E-state index contributed by atoms with van der Waals surface area (Å²) in [6, 6.07) is 8.02. The van der Waals surface area contributed by atoms with Gasteiger partial charge in [-0.1, -0.05) is 18.6 Å². The molecule has 1 amide bonds. The Hall–Kier alpha value is -2.08. The monoisotopic (exact) mass is 356 g/mol. The fourth-order valence-electron chi connectivity index (χ4n) is 4.99. The lowest BCUT2D eigenvalue weighted by Gasteiger charge is -2.28. The summed E-state index contributed by atoms with van der Waals surface area (Å²) in [4.78, 5) is 17.3. The minimum atomic E-state index is 0.0236. The van der Waals surface area contributed by atoms with Crippen molar-refractivity contribution < 1.29 is 9.90 Å². The van der Waals surface area contributed by atoms with Gasteiger partial charge in [0, 0.05) is 12.6 Å². The van der Waals surface area contributed by atoms with Gasteiger partial charge in [-0.2, -0.15) is 0 Å². The number of hydrogen-bond acceptors (Lipinski definition) is 4. The van der Waals surface area contributed by atoms with Crippen molar-refractivity contribution in [2.75, 3.05) is 18.5 Å². The number of para-hydroxylation sites is 2.